The minimum atomic E-state index is -0.922. The maximum atomic E-state index is 14.4. The summed E-state index contributed by atoms with van der Waals surface area (Å²) in [5, 5.41) is 5.44. The minimum Gasteiger partial charge on any atom is -0.453 e. The van der Waals surface area contributed by atoms with Gasteiger partial charge in [0.15, 0.2) is 0 Å². The molecule has 334 valence electrons. The fraction of sp³-hybridized carbons (Fsp3) is 0.532. The van der Waals surface area contributed by atoms with Gasteiger partial charge in [0.2, 0.25) is 11.8 Å². The monoisotopic (exact) mass is 862 g/mol. The Balaban J connectivity index is 0.935. The molecule has 4 aromatic rings. The summed E-state index contributed by atoms with van der Waals surface area (Å²) in [5.74, 6) is 1.72. The molecule has 0 spiro atoms. The van der Waals surface area contributed by atoms with E-state index in [9.17, 15) is 19.2 Å². The van der Waals surface area contributed by atoms with Crippen LogP contribution in [0.15, 0.2) is 48.8 Å². The SMILES string of the molecule is COC(=O)N[C@H](C(=O)N1[C@H](c2ncc(-c3ccc4c(c3)-c3ccc(-c5cnc([C@@H]6C[C@@H]7CCCC7(C)N6C(=O)[C@@H](NC(=O)OC)[C@@H](C)OC)[nH]5)cc3-4)[nH]2)C[C@@H]2CCC[C@@H]21)[C@@H](C)OC. The molecule has 2 aliphatic heterocycles. The highest BCUT2D eigenvalue weighted by atomic mass is 16.5. The fourth-order valence-corrected chi connectivity index (χ4v) is 11.4. The van der Waals surface area contributed by atoms with E-state index in [2.05, 4.69) is 63.9 Å². The lowest BCUT2D eigenvalue weighted by Gasteiger charge is -2.40. The molecule has 16 nitrogen and oxygen atoms in total. The zero-order chi connectivity index (χ0) is 44.3. The second-order valence-electron chi connectivity index (χ2n) is 18.2. The zero-order valence-corrected chi connectivity index (χ0v) is 37.0. The lowest BCUT2D eigenvalue weighted by Crippen LogP contribution is -2.58. The van der Waals surface area contributed by atoms with Gasteiger partial charge >= 0.3 is 12.2 Å². The minimum absolute atomic E-state index is 0.0673. The third kappa shape index (κ3) is 7.24. The van der Waals surface area contributed by atoms with Crippen LogP contribution in [0.1, 0.15) is 95.9 Å². The van der Waals surface area contributed by atoms with Gasteiger partial charge in [-0.1, -0.05) is 37.1 Å². The highest BCUT2D eigenvalue weighted by molar-refractivity contribution is 6.04. The molecule has 63 heavy (non-hydrogen) atoms. The average molecular weight is 863 g/mol. The van der Waals surface area contributed by atoms with Crippen LogP contribution in [0.4, 0.5) is 9.59 Å². The number of carbonyl (C=O) groups excluding carboxylic acids is 4. The highest BCUT2D eigenvalue weighted by Gasteiger charge is 2.57. The van der Waals surface area contributed by atoms with Gasteiger partial charge in [-0.05, 0) is 106 Å². The van der Waals surface area contributed by atoms with Crippen LogP contribution in [0.5, 0.6) is 0 Å². The Kier molecular flexibility index (Phi) is 11.3. The molecule has 16 heteroatoms. The topological polar surface area (TPSA) is 193 Å². The number of hydrogen-bond acceptors (Lipinski definition) is 10. The molecule has 4 heterocycles. The first kappa shape index (κ1) is 42.6. The molecule has 2 aromatic carbocycles. The molecule has 4 amide bonds. The number of nitrogens with zero attached hydrogens (tertiary/aromatic N) is 4. The van der Waals surface area contributed by atoms with E-state index >= 15 is 0 Å². The molecule has 3 aliphatic carbocycles. The predicted molar refractivity (Wildman–Crippen MR) is 233 cm³/mol. The Hall–Kier alpha value is -5.74. The number of H-pyrrole nitrogens is 2. The van der Waals surface area contributed by atoms with Gasteiger partial charge in [-0.2, -0.15) is 0 Å². The van der Waals surface area contributed by atoms with Crippen LogP contribution in [0, 0.1) is 11.8 Å². The lowest BCUT2D eigenvalue weighted by atomic mass is 9.78. The third-order valence-electron chi connectivity index (χ3n) is 15.0. The number of alkyl carbamates (subject to hydrolysis) is 2. The summed E-state index contributed by atoms with van der Waals surface area (Å²) in [4.78, 5) is 74.1. The number of hydrogen-bond donors (Lipinski definition) is 4. The molecule has 4 fully saturated rings. The van der Waals surface area contributed by atoms with Crippen molar-refractivity contribution < 1.29 is 38.1 Å². The lowest BCUT2D eigenvalue weighted by molar-refractivity contribution is -0.143. The fourth-order valence-electron chi connectivity index (χ4n) is 11.4. The maximum absolute atomic E-state index is 14.4. The number of methoxy groups -OCH3 is 4. The van der Waals surface area contributed by atoms with Gasteiger partial charge in [0.25, 0.3) is 0 Å². The van der Waals surface area contributed by atoms with Gasteiger partial charge in [-0.25, -0.2) is 19.6 Å². The number of carbonyl (C=O) groups is 4. The molecule has 0 radical (unpaired) electrons. The normalized spacial score (nSPS) is 26.1. The second kappa shape index (κ2) is 16.8. The number of amides is 4. The van der Waals surface area contributed by atoms with Gasteiger partial charge in [-0.15, -0.1) is 0 Å². The Morgan fingerprint density at radius 2 is 1.27 bits per heavy atom. The smallest absolute Gasteiger partial charge is 0.407 e. The summed E-state index contributed by atoms with van der Waals surface area (Å²) in [6.45, 7) is 5.70. The molecule has 9 rings (SSSR count). The van der Waals surface area contributed by atoms with E-state index in [-0.39, 0.29) is 35.5 Å². The second-order valence-corrected chi connectivity index (χ2v) is 18.2. The number of ether oxygens (including phenoxy) is 4. The quantitative estimate of drug-likeness (QED) is 0.103. The summed E-state index contributed by atoms with van der Waals surface area (Å²) in [5.41, 5.74) is 7.93. The summed E-state index contributed by atoms with van der Waals surface area (Å²) in [7, 11) is 5.62. The van der Waals surface area contributed by atoms with Crippen LogP contribution in [-0.2, 0) is 28.5 Å². The van der Waals surface area contributed by atoms with Gasteiger partial charge in [0.05, 0.1) is 62.3 Å². The van der Waals surface area contributed by atoms with E-state index in [1.54, 1.807) is 13.8 Å². The first-order chi connectivity index (χ1) is 30.4. The molecule has 2 saturated carbocycles. The van der Waals surface area contributed by atoms with Crippen LogP contribution in [0.3, 0.4) is 0 Å². The van der Waals surface area contributed by atoms with Crippen LogP contribution in [0.25, 0.3) is 44.8 Å². The van der Waals surface area contributed by atoms with Crippen molar-refractivity contribution in [3.63, 3.8) is 0 Å². The van der Waals surface area contributed by atoms with Crippen molar-refractivity contribution in [2.45, 2.75) is 120 Å². The number of fused-ring (bicyclic) bond motifs is 6. The first-order valence-corrected chi connectivity index (χ1v) is 22.2. The number of nitrogens with one attached hydrogen (secondary N) is 4. The van der Waals surface area contributed by atoms with E-state index in [4.69, 9.17) is 28.9 Å². The van der Waals surface area contributed by atoms with Crippen LogP contribution < -0.4 is 10.6 Å². The number of aromatic amines is 2. The van der Waals surface area contributed by atoms with Crippen molar-refractivity contribution in [2.24, 2.45) is 11.8 Å². The van der Waals surface area contributed by atoms with Gasteiger partial charge < -0.3 is 49.3 Å². The van der Waals surface area contributed by atoms with Gasteiger partial charge in [0.1, 0.15) is 23.7 Å². The number of benzene rings is 2. The average Bonchev–Trinajstić information content (AvgIpc) is 4.15. The van der Waals surface area contributed by atoms with Gasteiger partial charge in [-0.3, -0.25) is 9.59 Å². The van der Waals surface area contributed by atoms with Crippen molar-refractivity contribution in [1.29, 1.82) is 0 Å². The standard InChI is InChI=1S/C47H58N8O8/c1-24(60-4)39(52-45(58)62-6)43(56)54-36-12-8-10-28(36)20-37(54)41-48-22-34(50-41)26-13-15-30-32(18-26)31-16-14-27(19-33(30)31)35-23-49-42(51-35)38-21-29-11-9-17-47(29,3)55(38)44(57)40(25(2)61-5)53-46(59)63-7/h13-16,18-19,22-25,28-29,36-40H,8-12,17,20-21H2,1-7H3,(H,48,50)(H,49,51)(H,52,58)(H,53,59)/t24-,25-,28+,29+,36+,37+,38+,39+,40+,47?/m1/s1. The molecule has 4 N–H and O–H groups in total. The van der Waals surface area contributed by atoms with E-state index in [1.807, 2.05) is 22.2 Å². The number of imidazole rings is 2. The van der Waals surface area contributed by atoms with E-state index < -0.39 is 36.5 Å². The van der Waals surface area contributed by atoms with E-state index in [0.29, 0.717) is 11.8 Å². The molecular formula is C47H58N8O8. The van der Waals surface area contributed by atoms with Crippen molar-refractivity contribution in [3.8, 4) is 44.8 Å². The molecule has 5 aliphatic rings. The molecule has 10 atom stereocenters. The summed E-state index contributed by atoms with van der Waals surface area (Å²) in [6.07, 6.45) is 8.72. The highest BCUT2D eigenvalue weighted by Crippen LogP contribution is 2.55. The Bertz CT molecular complexity index is 2410. The number of aromatic nitrogens is 4. The Morgan fingerprint density at radius 1 is 0.714 bits per heavy atom. The molecule has 1 unspecified atom stereocenters. The largest absolute Gasteiger partial charge is 0.453 e. The molecule has 2 aromatic heterocycles. The van der Waals surface area contributed by atoms with Crippen molar-refractivity contribution in [3.05, 3.63) is 60.4 Å². The first-order valence-electron chi connectivity index (χ1n) is 22.2. The number of rotatable bonds is 12. The Labute approximate surface area is 367 Å². The third-order valence-corrected chi connectivity index (χ3v) is 15.0. The maximum Gasteiger partial charge on any atom is 0.407 e. The van der Waals surface area contributed by atoms with E-state index in [1.165, 1.54) is 28.4 Å². The summed E-state index contributed by atoms with van der Waals surface area (Å²) < 4.78 is 20.8. The molecule has 2 saturated heterocycles. The zero-order valence-electron chi connectivity index (χ0n) is 37.0. The van der Waals surface area contributed by atoms with Crippen LogP contribution >= 0.6 is 0 Å². The summed E-state index contributed by atoms with van der Waals surface area (Å²) >= 11 is 0. The van der Waals surface area contributed by atoms with Crippen molar-refractivity contribution in [2.75, 3.05) is 28.4 Å². The summed E-state index contributed by atoms with van der Waals surface area (Å²) in [6, 6.07) is 10.5. The van der Waals surface area contributed by atoms with E-state index in [0.717, 1.165) is 108 Å². The van der Waals surface area contributed by atoms with Crippen molar-refractivity contribution in [1.82, 2.24) is 40.4 Å². The molecular weight excluding hydrogens is 805 g/mol. The van der Waals surface area contributed by atoms with Gasteiger partial charge in [0, 0.05) is 36.9 Å². The Morgan fingerprint density at radius 3 is 1.83 bits per heavy atom. The molecule has 0 bridgehead atoms. The predicted octanol–water partition coefficient (Wildman–Crippen LogP) is 6.91. The van der Waals surface area contributed by atoms with Crippen molar-refractivity contribution >= 4 is 24.0 Å². The van der Waals surface area contributed by atoms with Crippen LogP contribution in [-0.4, -0.2) is 118 Å². The number of likely N-dealkylation sites (tertiary alicyclic amines) is 2. The van der Waals surface area contributed by atoms with Crippen LogP contribution in [0.2, 0.25) is 0 Å².